The summed E-state index contributed by atoms with van der Waals surface area (Å²) >= 11 is 0. The van der Waals surface area contributed by atoms with Gasteiger partial charge in [0, 0.05) is 16.8 Å². The molecular weight excluding hydrogens is 699 g/mol. The van der Waals surface area contributed by atoms with Crippen LogP contribution >= 0.6 is 0 Å². The lowest BCUT2D eigenvalue weighted by Crippen LogP contribution is -2.30. The average molecular weight is 742 g/mol. The van der Waals surface area contributed by atoms with Gasteiger partial charge < -0.3 is 4.90 Å². The Bertz CT molecular complexity index is 3100. The number of benzene rings is 9. The van der Waals surface area contributed by atoms with E-state index in [1.54, 1.807) is 0 Å². The number of hydrogen-bond acceptors (Lipinski definition) is 1. The van der Waals surface area contributed by atoms with Gasteiger partial charge >= 0.3 is 0 Å². The van der Waals surface area contributed by atoms with Crippen molar-refractivity contribution in [2.24, 2.45) is 0 Å². The van der Waals surface area contributed by atoms with Crippen molar-refractivity contribution < 1.29 is 0 Å². The van der Waals surface area contributed by atoms with Crippen LogP contribution in [0.4, 0.5) is 11.4 Å². The van der Waals surface area contributed by atoms with E-state index < -0.39 is 0 Å². The number of rotatable bonds is 6. The fourth-order valence-electron chi connectivity index (χ4n) is 10.0. The number of anilines is 2. The summed E-state index contributed by atoms with van der Waals surface area (Å²) in [5.41, 5.74) is 15.2. The van der Waals surface area contributed by atoms with Gasteiger partial charge in [-0.15, -0.1) is 0 Å². The van der Waals surface area contributed by atoms with Gasteiger partial charge in [-0.2, -0.15) is 0 Å². The van der Waals surface area contributed by atoms with Crippen LogP contribution in [0.25, 0.3) is 76.8 Å². The lowest BCUT2D eigenvalue weighted by Gasteiger charge is -2.34. The number of nitrogens with zero attached hydrogens (tertiary/aromatic N) is 1. The van der Waals surface area contributed by atoms with E-state index in [1.165, 1.54) is 99.3 Å². The maximum Gasteiger partial charge on any atom is 0.0559 e. The van der Waals surface area contributed by atoms with Crippen molar-refractivity contribution >= 4 is 43.7 Å². The van der Waals surface area contributed by atoms with Crippen molar-refractivity contribution in [1.82, 2.24) is 0 Å². The van der Waals surface area contributed by atoms with Crippen LogP contribution in [-0.2, 0) is 5.41 Å². The number of hydrogen-bond donors (Lipinski definition) is 0. The Kier molecular flexibility index (Phi) is 8.05. The first-order valence-corrected chi connectivity index (χ1v) is 20.5. The van der Waals surface area contributed by atoms with Crippen LogP contribution in [0.2, 0.25) is 0 Å². The summed E-state index contributed by atoms with van der Waals surface area (Å²) in [6, 6.07) is 67.9. The van der Waals surface area contributed by atoms with Crippen molar-refractivity contribution in [2.45, 2.75) is 31.7 Å². The summed E-state index contributed by atoms with van der Waals surface area (Å²) in [4.78, 5) is 2.57. The lowest BCUT2D eigenvalue weighted by atomic mass is 9.81. The Hall–Kier alpha value is -6.96. The van der Waals surface area contributed by atoms with Crippen molar-refractivity contribution in [3.63, 3.8) is 0 Å². The van der Waals surface area contributed by atoms with Crippen molar-refractivity contribution in [2.75, 3.05) is 4.90 Å². The second kappa shape index (κ2) is 13.6. The van der Waals surface area contributed by atoms with Gasteiger partial charge in [-0.3, -0.25) is 0 Å². The third kappa shape index (κ3) is 5.38. The zero-order chi connectivity index (χ0) is 38.8. The first kappa shape index (κ1) is 34.3. The van der Waals surface area contributed by atoms with Crippen LogP contribution in [0, 0.1) is 0 Å². The highest BCUT2D eigenvalue weighted by Crippen LogP contribution is 2.52. The van der Waals surface area contributed by atoms with Crippen LogP contribution in [0.15, 0.2) is 206 Å². The summed E-state index contributed by atoms with van der Waals surface area (Å²) in [6.07, 6.45) is 9.99. The molecule has 0 amide bonds. The molecule has 0 heterocycles. The highest BCUT2D eigenvalue weighted by molar-refractivity contribution is 6.33. The van der Waals surface area contributed by atoms with Gasteiger partial charge in [0.05, 0.1) is 6.04 Å². The predicted molar refractivity (Wildman–Crippen MR) is 248 cm³/mol. The smallest absolute Gasteiger partial charge is 0.0559 e. The largest absolute Gasteiger partial charge is 0.334 e. The van der Waals surface area contributed by atoms with E-state index in [-0.39, 0.29) is 11.5 Å². The fourth-order valence-corrected chi connectivity index (χ4v) is 10.0. The Morgan fingerprint density at radius 2 is 1.02 bits per heavy atom. The molecule has 2 aliphatic carbocycles. The Morgan fingerprint density at radius 1 is 0.431 bits per heavy atom. The van der Waals surface area contributed by atoms with Gasteiger partial charge in [0.25, 0.3) is 0 Å². The van der Waals surface area contributed by atoms with E-state index in [1.807, 2.05) is 0 Å². The second-order valence-electron chi connectivity index (χ2n) is 16.4. The topological polar surface area (TPSA) is 3.24 Å². The van der Waals surface area contributed by atoms with E-state index in [2.05, 4.69) is 225 Å². The van der Waals surface area contributed by atoms with E-state index in [9.17, 15) is 0 Å². The van der Waals surface area contributed by atoms with E-state index in [0.29, 0.717) is 0 Å². The first-order chi connectivity index (χ1) is 28.6. The zero-order valence-electron chi connectivity index (χ0n) is 32.9. The molecule has 1 unspecified atom stereocenters. The minimum Gasteiger partial charge on any atom is -0.334 e. The molecule has 0 saturated carbocycles. The molecule has 58 heavy (non-hydrogen) atoms. The maximum absolute atomic E-state index is 2.57. The average Bonchev–Trinajstić information content (AvgIpc) is 3.52. The fraction of sp³-hybridized carbons (Fsp3) is 0.0877. The molecule has 0 aliphatic heterocycles. The second-order valence-corrected chi connectivity index (χ2v) is 16.4. The van der Waals surface area contributed by atoms with Gasteiger partial charge in [-0.1, -0.05) is 190 Å². The van der Waals surface area contributed by atoms with Gasteiger partial charge in [-0.25, -0.2) is 0 Å². The highest BCUT2D eigenvalue weighted by Gasteiger charge is 2.36. The van der Waals surface area contributed by atoms with Crippen LogP contribution in [0.1, 0.15) is 31.4 Å². The molecule has 0 N–H and O–H groups in total. The molecule has 0 spiro atoms. The van der Waals surface area contributed by atoms with Gasteiger partial charge in [-0.05, 0) is 125 Å². The predicted octanol–water partition coefficient (Wildman–Crippen LogP) is 15.5. The summed E-state index contributed by atoms with van der Waals surface area (Å²) in [5.74, 6) is 0. The minimum atomic E-state index is -0.0860. The highest BCUT2D eigenvalue weighted by atomic mass is 15.2. The van der Waals surface area contributed by atoms with Crippen LogP contribution < -0.4 is 4.90 Å². The number of fused-ring (bicyclic) bond motifs is 9. The van der Waals surface area contributed by atoms with Crippen LogP contribution in [0.3, 0.4) is 0 Å². The van der Waals surface area contributed by atoms with Crippen molar-refractivity contribution in [1.29, 1.82) is 0 Å². The SMILES string of the molecule is CC1(C)c2ccccc2-c2ccc(N(c3ccc4c(c3)c3ccccc3c3c(-c5ccccc5)c(-c5ccccc5)cc(-c5ccccc5)c43)C3C=CC=CC3)cc21. The zero-order valence-corrected chi connectivity index (χ0v) is 32.9. The Labute approximate surface area is 340 Å². The molecule has 1 atom stereocenters. The molecule has 2 aliphatic rings. The van der Waals surface area contributed by atoms with E-state index in [4.69, 9.17) is 0 Å². The van der Waals surface area contributed by atoms with Crippen molar-refractivity contribution in [3.8, 4) is 44.5 Å². The van der Waals surface area contributed by atoms with Crippen LogP contribution in [0.5, 0.6) is 0 Å². The standard InChI is InChI=1S/C57H43N/c1-57(2)52-30-18-17-28-45(52)46-33-31-43(36-53(46)57)58(41-25-13-6-14-26-41)42-32-34-48-51(35-42)44-27-15-16-29-47(44)56-54(40-23-11-5-12-24-40)49(38-19-7-3-8-20-38)37-50(55(48)56)39-21-9-4-10-22-39/h3-25,27-37,41H,26H2,1-2H3. The molecule has 1 heteroatoms. The monoisotopic (exact) mass is 741 g/mol. The molecule has 0 fully saturated rings. The Morgan fingerprint density at radius 3 is 1.74 bits per heavy atom. The molecule has 9 aromatic carbocycles. The minimum absolute atomic E-state index is 0.0860. The molecule has 11 rings (SSSR count). The summed E-state index contributed by atoms with van der Waals surface area (Å²) in [6.45, 7) is 4.75. The molecule has 0 aromatic heterocycles. The lowest BCUT2D eigenvalue weighted by molar-refractivity contribution is 0.659. The van der Waals surface area contributed by atoms with Crippen molar-refractivity contribution in [3.05, 3.63) is 217 Å². The summed E-state index contributed by atoms with van der Waals surface area (Å²) in [7, 11) is 0. The molecule has 276 valence electrons. The molecule has 9 aromatic rings. The third-order valence-corrected chi connectivity index (χ3v) is 12.7. The molecule has 0 saturated heterocycles. The molecule has 0 radical (unpaired) electrons. The van der Waals surface area contributed by atoms with Gasteiger partial charge in [0.15, 0.2) is 0 Å². The van der Waals surface area contributed by atoms with Gasteiger partial charge in [0.2, 0.25) is 0 Å². The normalized spacial score (nSPS) is 15.2. The quantitative estimate of drug-likeness (QED) is 0.153. The molecule has 0 bridgehead atoms. The van der Waals surface area contributed by atoms with E-state index in [0.717, 1.165) is 6.42 Å². The Balaban J connectivity index is 1.22. The first-order valence-electron chi connectivity index (χ1n) is 20.5. The molecule has 1 nitrogen and oxygen atoms in total. The van der Waals surface area contributed by atoms with E-state index >= 15 is 0 Å². The van der Waals surface area contributed by atoms with Crippen LogP contribution in [-0.4, -0.2) is 6.04 Å². The maximum atomic E-state index is 2.57. The third-order valence-electron chi connectivity index (χ3n) is 12.7. The van der Waals surface area contributed by atoms with Gasteiger partial charge in [0.1, 0.15) is 0 Å². The number of allylic oxidation sites excluding steroid dienone is 2. The molecular formula is C57H43N. The summed E-state index contributed by atoms with van der Waals surface area (Å²) < 4.78 is 0. The summed E-state index contributed by atoms with van der Waals surface area (Å²) in [5, 5.41) is 7.63.